The Balaban J connectivity index is 1.61. The molecule has 1 atom stereocenters. The van der Waals surface area contributed by atoms with E-state index in [1.54, 1.807) is 6.07 Å². The molecular weight excluding hydrogens is 386 g/mol. The van der Waals surface area contributed by atoms with Crippen molar-refractivity contribution in [1.29, 1.82) is 0 Å². The van der Waals surface area contributed by atoms with E-state index in [0.717, 1.165) is 52.3 Å². The quantitative estimate of drug-likeness (QED) is 0.384. The van der Waals surface area contributed by atoms with Crippen LogP contribution in [0.15, 0.2) is 88.1 Å². The van der Waals surface area contributed by atoms with Crippen LogP contribution >= 0.6 is 0 Å². The van der Waals surface area contributed by atoms with Crippen molar-refractivity contribution in [3.63, 3.8) is 0 Å². The highest BCUT2D eigenvalue weighted by Gasteiger charge is 2.31. The zero-order valence-electron chi connectivity index (χ0n) is 17.2. The molecule has 0 saturated carbocycles. The Labute approximate surface area is 179 Å². The van der Waals surface area contributed by atoms with Crippen molar-refractivity contribution in [3.8, 4) is 0 Å². The Morgan fingerprint density at radius 3 is 2.65 bits per heavy atom. The van der Waals surface area contributed by atoms with Crippen LogP contribution in [-0.2, 0) is 6.67 Å². The third-order valence-corrected chi connectivity index (χ3v) is 6.14. The van der Waals surface area contributed by atoms with Crippen LogP contribution in [0.25, 0.3) is 22.0 Å². The summed E-state index contributed by atoms with van der Waals surface area (Å²) in [5.74, 6) is 0.927. The molecule has 6 rings (SSSR count). The summed E-state index contributed by atoms with van der Waals surface area (Å²) in [6.45, 7) is 3.46. The lowest BCUT2D eigenvalue weighted by molar-refractivity contribution is 0.517. The molecule has 3 aromatic carbocycles. The second-order valence-corrected chi connectivity index (χ2v) is 8.16. The Hall–Kier alpha value is -3.86. The Morgan fingerprint density at radius 2 is 1.77 bits per heavy atom. The minimum Gasteiger partial charge on any atom is -0.423 e. The molecule has 0 aliphatic carbocycles. The van der Waals surface area contributed by atoms with Crippen molar-refractivity contribution < 1.29 is 4.42 Å². The summed E-state index contributed by atoms with van der Waals surface area (Å²) in [6.07, 6.45) is 0. The van der Waals surface area contributed by atoms with Crippen molar-refractivity contribution >= 4 is 27.7 Å². The fourth-order valence-electron chi connectivity index (χ4n) is 4.69. The molecule has 0 N–H and O–H groups in total. The van der Waals surface area contributed by atoms with Gasteiger partial charge in [-0.25, -0.2) is 9.78 Å². The molecular formula is C26H21N3O2. The molecule has 5 nitrogen and oxygen atoms in total. The summed E-state index contributed by atoms with van der Waals surface area (Å²) in [4.78, 5) is 19.8. The molecule has 152 valence electrons. The monoisotopic (exact) mass is 407 g/mol. The molecule has 0 radical (unpaired) electrons. The van der Waals surface area contributed by atoms with Crippen LogP contribution in [0.4, 0.5) is 5.69 Å². The first-order valence-electron chi connectivity index (χ1n) is 10.5. The normalized spacial score (nSPS) is 16.0. The maximum Gasteiger partial charge on any atom is 0.336 e. The maximum atomic E-state index is 12.5. The minimum absolute atomic E-state index is 0.0596. The first-order chi connectivity index (χ1) is 15.2. The number of fused-ring (bicyclic) bond motifs is 4. The van der Waals surface area contributed by atoms with E-state index < -0.39 is 0 Å². The van der Waals surface area contributed by atoms with E-state index >= 15 is 0 Å². The number of anilines is 1. The van der Waals surface area contributed by atoms with E-state index in [2.05, 4.69) is 51.9 Å². The highest BCUT2D eigenvalue weighted by Crippen LogP contribution is 2.37. The molecule has 2 aromatic heterocycles. The van der Waals surface area contributed by atoms with Crippen molar-refractivity contribution in [2.75, 3.05) is 11.4 Å². The van der Waals surface area contributed by atoms with Crippen LogP contribution in [0.1, 0.15) is 22.9 Å². The van der Waals surface area contributed by atoms with Gasteiger partial charge in [-0.1, -0.05) is 42.5 Å². The molecule has 0 fully saturated rings. The number of aryl methyl sites for hydroxylation is 1. The number of hydrogen-bond acceptors (Lipinski definition) is 4. The second-order valence-electron chi connectivity index (χ2n) is 8.16. The van der Waals surface area contributed by atoms with Gasteiger partial charge in [0.15, 0.2) is 0 Å². The van der Waals surface area contributed by atoms with Crippen LogP contribution in [0.5, 0.6) is 0 Å². The molecule has 0 amide bonds. The number of imidazole rings is 1. The van der Waals surface area contributed by atoms with Crippen molar-refractivity contribution in [2.45, 2.75) is 19.5 Å². The number of para-hydroxylation sites is 3. The van der Waals surface area contributed by atoms with Gasteiger partial charge in [-0.15, -0.1) is 0 Å². The maximum absolute atomic E-state index is 12.5. The lowest BCUT2D eigenvalue weighted by Crippen LogP contribution is -2.38. The number of nitrogens with zero attached hydrogens (tertiary/aromatic N) is 3. The third-order valence-electron chi connectivity index (χ3n) is 6.14. The largest absolute Gasteiger partial charge is 0.423 e. The van der Waals surface area contributed by atoms with Gasteiger partial charge in [0, 0.05) is 23.7 Å². The highest BCUT2D eigenvalue weighted by molar-refractivity contribution is 5.83. The smallest absolute Gasteiger partial charge is 0.336 e. The van der Waals surface area contributed by atoms with Gasteiger partial charge in [-0.3, -0.25) is 0 Å². The summed E-state index contributed by atoms with van der Waals surface area (Å²) in [5, 5.41) is 0.962. The van der Waals surface area contributed by atoms with Crippen molar-refractivity contribution in [3.05, 3.63) is 106 Å². The van der Waals surface area contributed by atoms with E-state index in [0.29, 0.717) is 5.58 Å². The van der Waals surface area contributed by atoms with Crippen LogP contribution < -0.4 is 10.5 Å². The molecule has 3 heterocycles. The van der Waals surface area contributed by atoms with Gasteiger partial charge < -0.3 is 13.9 Å². The summed E-state index contributed by atoms with van der Waals surface area (Å²) < 4.78 is 7.80. The Morgan fingerprint density at radius 1 is 0.968 bits per heavy atom. The first-order valence-corrected chi connectivity index (χ1v) is 10.5. The van der Waals surface area contributed by atoms with Gasteiger partial charge in [0.1, 0.15) is 11.4 Å². The summed E-state index contributed by atoms with van der Waals surface area (Å²) in [5.41, 5.74) is 5.55. The lowest BCUT2D eigenvalue weighted by Gasteiger charge is -2.36. The molecule has 1 aliphatic heterocycles. The SMILES string of the molecule is Cc1ccc2c(C3CN(c4ccccc4)Cn4c3nc3ccccc34)cc(=O)oc2c1. The number of benzene rings is 3. The zero-order valence-corrected chi connectivity index (χ0v) is 17.2. The van der Waals surface area contributed by atoms with Crippen LogP contribution in [-0.4, -0.2) is 16.1 Å². The van der Waals surface area contributed by atoms with E-state index in [1.165, 1.54) is 0 Å². The molecule has 5 aromatic rings. The number of hydrogen-bond donors (Lipinski definition) is 0. The zero-order chi connectivity index (χ0) is 20.9. The fourth-order valence-corrected chi connectivity index (χ4v) is 4.69. The average Bonchev–Trinajstić information content (AvgIpc) is 3.17. The second kappa shape index (κ2) is 6.84. The number of aromatic nitrogens is 2. The highest BCUT2D eigenvalue weighted by atomic mass is 16.4. The predicted molar refractivity (Wildman–Crippen MR) is 123 cm³/mol. The van der Waals surface area contributed by atoms with Gasteiger partial charge in [-0.05, 0) is 48.4 Å². The number of rotatable bonds is 2. The van der Waals surface area contributed by atoms with Crippen molar-refractivity contribution in [1.82, 2.24) is 9.55 Å². The fraction of sp³-hybridized carbons (Fsp3) is 0.154. The van der Waals surface area contributed by atoms with Crippen molar-refractivity contribution in [2.24, 2.45) is 0 Å². The molecule has 0 saturated heterocycles. The Kier molecular flexibility index (Phi) is 3.96. The van der Waals surface area contributed by atoms with E-state index in [1.807, 2.05) is 37.3 Å². The van der Waals surface area contributed by atoms with Crippen LogP contribution in [0.2, 0.25) is 0 Å². The minimum atomic E-state index is -0.326. The molecule has 1 aliphatic rings. The summed E-state index contributed by atoms with van der Waals surface area (Å²) in [7, 11) is 0. The van der Waals surface area contributed by atoms with Crippen LogP contribution in [0, 0.1) is 6.92 Å². The lowest BCUT2D eigenvalue weighted by atomic mass is 9.93. The summed E-state index contributed by atoms with van der Waals surface area (Å²) >= 11 is 0. The van der Waals surface area contributed by atoms with E-state index in [9.17, 15) is 4.79 Å². The topological polar surface area (TPSA) is 51.3 Å². The molecule has 5 heteroatoms. The average molecular weight is 407 g/mol. The third kappa shape index (κ3) is 2.93. The van der Waals surface area contributed by atoms with Gasteiger partial charge in [0.25, 0.3) is 0 Å². The molecule has 1 unspecified atom stereocenters. The van der Waals surface area contributed by atoms with Gasteiger partial charge >= 0.3 is 5.63 Å². The van der Waals surface area contributed by atoms with Gasteiger partial charge in [-0.2, -0.15) is 0 Å². The van der Waals surface area contributed by atoms with Gasteiger partial charge in [0.2, 0.25) is 0 Å². The Bertz CT molecular complexity index is 1480. The molecule has 31 heavy (non-hydrogen) atoms. The molecule has 0 bridgehead atoms. The molecule has 0 spiro atoms. The first kappa shape index (κ1) is 18.0. The van der Waals surface area contributed by atoms with E-state index in [-0.39, 0.29) is 11.5 Å². The van der Waals surface area contributed by atoms with E-state index in [4.69, 9.17) is 9.40 Å². The van der Waals surface area contributed by atoms with Gasteiger partial charge in [0.05, 0.1) is 23.6 Å². The predicted octanol–water partition coefficient (Wildman–Crippen LogP) is 5.06. The van der Waals surface area contributed by atoms with Crippen LogP contribution in [0.3, 0.4) is 0 Å². The standard InChI is InChI=1S/C26H21N3O2/c1-17-11-12-19-20(14-25(30)31-24(19)13-17)21-15-28(18-7-3-2-4-8-18)16-29-23-10-6-5-9-22(23)27-26(21)29/h2-14,21H,15-16H2,1H3. The summed E-state index contributed by atoms with van der Waals surface area (Å²) in [6, 6.07) is 26.3.